The molecule has 2 amide bonds. The van der Waals surface area contributed by atoms with Crippen molar-refractivity contribution in [2.24, 2.45) is 0 Å². The van der Waals surface area contributed by atoms with Crippen molar-refractivity contribution in [2.45, 2.75) is 63.4 Å². The molecule has 1 aliphatic rings. The molecule has 3 rings (SSSR count). The van der Waals surface area contributed by atoms with Crippen LogP contribution in [-0.2, 0) is 21.9 Å². The van der Waals surface area contributed by atoms with Gasteiger partial charge in [-0.2, -0.15) is 0 Å². The van der Waals surface area contributed by atoms with E-state index in [4.69, 9.17) is 0 Å². The lowest BCUT2D eigenvalue weighted by molar-refractivity contribution is -0.139. The summed E-state index contributed by atoms with van der Waals surface area (Å²) in [6, 6.07) is 11.9. The molecule has 1 fully saturated rings. The first-order chi connectivity index (χ1) is 15.4. The topological polar surface area (TPSA) is 49.4 Å². The molecule has 0 bridgehead atoms. The van der Waals surface area contributed by atoms with Crippen molar-refractivity contribution >= 4 is 23.6 Å². The van der Waals surface area contributed by atoms with Crippen LogP contribution in [0.5, 0.6) is 0 Å². The lowest BCUT2D eigenvalue weighted by atomic mass is 9.95. The number of benzene rings is 2. The molecule has 4 nitrogen and oxygen atoms in total. The number of thioether (sulfide) groups is 1. The van der Waals surface area contributed by atoms with Crippen LogP contribution in [0.25, 0.3) is 0 Å². The number of halogens is 2. The lowest BCUT2D eigenvalue weighted by Crippen LogP contribution is -2.50. The largest absolute Gasteiger partial charge is 0.352 e. The Balaban J connectivity index is 1.65. The third-order valence-electron chi connectivity index (χ3n) is 5.83. The Kier molecular flexibility index (Phi) is 9.09. The van der Waals surface area contributed by atoms with Gasteiger partial charge in [-0.15, -0.1) is 11.8 Å². The highest BCUT2D eigenvalue weighted by Gasteiger charge is 2.28. The first-order valence-electron chi connectivity index (χ1n) is 11.1. The van der Waals surface area contributed by atoms with Gasteiger partial charge in [-0.1, -0.05) is 49.6 Å². The average Bonchev–Trinajstić information content (AvgIpc) is 2.80. The van der Waals surface area contributed by atoms with E-state index in [1.807, 2.05) is 0 Å². The van der Waals surface area contributed by atoms with Gasteiger partial charge in [-0.3, -0.25) is 9.59 Å². The molecule has 2 aromatic rings. The summed E-state index contributed by atoms with van der Waals surface area (Å²) in [5.41, 5.74) is 1.29. The Morgan fingerprint density at radius 3 is 2.44 bits per heavy atom. The standard InChI is InChI=1S/C25H30F2N2O2S/c1-18(25(31)28-22-8-3-2-4-9-22)29(15-19-11-13-21(26)14-12-19)24(30)17-32-16-20-7-5-6-10-23(20)27/h5-7,10-14,18,22H,2-4,8-9,15-17H2,1H3,(H,28,31)/t18-/m1/s1. The van der Waals surface area contributed by atoms with Crippen molar-refractivity contribution in [3.8, 4) is 0 Å². The summed E-state index contributed by atoms with van der Waals surface area (Å²) in [4.78, 5) is 27.5. The maximum absolute atomic E-state index is 13.9. The van der Waals surface area contributed by atoms with Crippen molar-refractivity contribution in [3.63, 3.8) is 0 Å². The minimum Gasteiger partial charge on any atom is -0.352 e. The van der Waals surface area contributed by atoms with E-state index in [0.29, 0.717) is 11.3 Å². The molecule has 0 heterocycles. The summed E-state index contributed by atoms with van der Waals surface area (Å²) >= 11 is 1.31. The summed E-state index contributed by atoms with van der Waals surface area (Å²) in [5, 5.41) is 3.09. The average molecular weight is 461 g/mol. The van der Waals surface area contributed by atoms with Crippen molar-refractivity contribution in [2.75, 3.05) is 5.75 Å². The van der Waals surface area contributed by atoms with Gasteiger partial charge in [0.1, 0.15) is 17.7 Å². The van der Waals surface area contributed by atoms with E-state index in [2.05, 4.69) is 5.32 Å². The minimum atomic E-state index is -0.663. The zero-order chi connectivity index (χ0) is 22.9. The van der Waals surface area contributed by atoms with E-state index in [9.17, 15) is 18.4 Å². The summed E-state index contributed by atoms with van der Waals surface area (Å²) < 4.78 is 27.2. The highest BCUT2D eigenvalue weighted by atomic mass is 32.2. The predicted octanol–water partition coefficient (Wildman–Crippen LogP) is 5.06. The van der Waals surface area contributed by atoms with E-state index in [1.165, 1.54) is 41.3 Å². The number of hydrogen-bond donors (Lipinski definition) is 1. The summed E-state index contributed by atoms with van der Waals surface area (Å²) in [7, 11) is 0. The van der Waals surface area contributed by atoms with Crippen LogP contribution in [0.3, 0.4) is 0 Å². The number of amides is 2. The highest BCUT2D eigenvalue weighted by molar-refractivity contribution is 7.99. The van der Waals surface area contributed by atoms with E-state index < -0.39 is 6.04 Å². The lowest BCUT2D eigenvalue weighted by Gasteiger charge is -2.31. The van der Waals surface area contributed by atoms with Crippen LogP contribution >= 0.6 is 11.8 Å². The van der Waals surface area contributed by atoms with Crippen molar-refractivity contribution in [1.29, 1.82) is 0 Å². The molecule has 172 valence electrons. The summed E-state index contributed by atoms with van der Waals surface area (Å²) in [5.74, 6) is -0.540. The molecule has 1 atom stereocenters. The van der Waals surface area contributed by atoms with E-state index >= 15 is 0 Å². The second-order valence-corrected chi connectivity index (χ2v) is 9.24. The van der Waals surface area contributed by atoms with Crippen LogP contribution < -0.4 is 5.32 Å². The molecule has 0 unspecified atom stereocenters. The van der Waals surface area contributed by atoms with Gasteiger partial charge in [0.05, 0.1) is 5.75 Å². The highest BCUT2D eigenvalue weighted by Crippen LogP contribution is 2.20. The van der Waals surface area contributed by atoms with Crippen molar-refractivity contribution in [1.82, 2.24) is 10.2 Å². The molecule has 0 aliphatic heterocycles. The maximum atomic E-state index is 13.9. The smallest absolute Gasteiger partial charge is 0.242 e. The van der Waals surface area contributed by atoms with E-state index in [1.54, 1.807) is 37.3 Å². The van der Waals surface area contributed by atoms with Crippen LogP contribution in [0.4, 0.5) is 8.78 Å². The van der Waals surface area contributed by atoms with Crippen LogP contribution in [-0.4, -0.2) is 34.6 Å². The number of carbonyl (C=O) groups is 2. The van der Waals surface area contributed by atoms with Gasteiger partial charge in [-0.25, -0.2) is 8.78 Å². The van der Waals surface area contributed by atoms with Gasteiger partial charge in [0.15, 0.2) is 0 Å². The minimum absolute atomic E-state index is 0.122. The Morgan fingerprint density at radius 2 is 1.75 bits per heavy atom. The molecule has 0 aromatic heterocycles. The maximum Gasteiger partial charge on any atom is 0.242 e. The molecule has 0 radical (unpaired) electrons. The number of rotatable bonds is 9. The number of nitrogens with zero attached hydrogens (tertiary/aromatic N) is 1. The Hall–Kier alpha value is -2.41. The van der Waals surface area contributed by atoms with Crippen molar-refractivity contribution in [3.05, 3.63) is 71.3 Å². The van der Waals surface area contributed by atoms with Crippen LogP contribution in [0.2, 0.25) is 0 Å². The van der Waals surface area contributed by atoms with Crippen LogP contribution in [0.15, 0.2) is 48.5 Å². The molecule has 1 aliphatic carbocycles. The number of hydrogen-bond acceptors (Lipinski definition) is 3. The normalized spacial score (nSPS) is 15.2. The first kappa shape index (κ1) is 24.2. The fraction of sp³-hybridized carbons (Fsp3) is 0.440. The third-order valence-corrected chi connectivity index (χ3v) is 6.79. The fourth-order valence-corrected chi connectivity index (χ4v) is 4.78. The number of nitrogens with one attached hydrogen (secondary N) is 1. The second-order valence-electron chi connectivity index (χ2n) is 8.25. The summed E-state index contributed by atoms with van der Waals surface area (Å²) in [6.45, 7) is 1.93. The van der Waals surface area contributed by atoms with Gasteiger partial charge in [0.25, 0.3) is 0 Å². The Bertz CT molecular complexity index is 901. The molecular weight excluding hydrogens is 430 g/mol. The van der Waals surface area contributed by atoms with E-state index in [-0.39, 0.29) is 41.8 Å². The zero-order valence-corrected chi connectivity index (χ0v) is 19.2. The van der Waals surface area contributed by atoms with Gasteiger partial charge < -0.3 is 10.2 Å². The fourth-order valence-electron chi connectivity index (χ4n) is 3.88. The molecule has 7 heteroatoms. The molecular formula is C25H30F2N2O2S. The van der Waals surface area contributed by atoms with Crippen LogP contribution in [0.1, 0.15) is 50.2 Å². The van der Waals surface area contributed by atoms with Crippen molar-refractivity contribution < 1.29 is 18.4 Å². The Morgan fingerprint density at radius 1 is 1.06 bits per heavy atom. The Labute approximate surface area is 192 Å². The third kappa shape index (κ3) is 7.05. The second kappa shape index (κ2) is 12.0. The predicted molar refractivity (Wildman–Crippen MR) is 124 cm³/mol. The van der Waals surface area contributed by atoms with E-state index in [0.717, 1.165) is 31.2 Å². The first-order valence-corrected chi connectivity index (χ1v) is 12.2. The van der Waals surface area contributed by atoms with Gasteiger partial charge in [-0.05, 0) is 49.1 Å². The molecule has 32 heavy (non-hydrogen) atoms. The summed E-state index contributed by atoms with van der Waals surface area (Å²) in [6.07, 6.45) is 5.32. The van der Waals surface area contributed by atoms with Gasteiger partial charge >= 0.3 is 0 Å². The zero-order valence-electron chi connectivity index (χ0n) is 18.4. The van der Waals surface area contributed by atoms with Gasteiger partial charge in [0, 0.05) is 18.3 Å². The molecule has 0 spiro atoms. The monoisotopic (exact) mass is 460 g/mol. The van der Waals surface area contributed by atoms with Gasteiger partial charge in [0.2, 0.25) is 11.8 Å². The molecule has 1 N–H and O–H groups in total. The molecule has 1 saturated carbocycles. The molecule has 0 saturated heterocycles. The SMILES string of the molecule is C[C@H](C(=O)NC1CCCCC1)N(Cc1ccc(F)cc1)C(=O)CSCc1ccccc1F. The quantitative estimate of drug-likeness (QED) is 0.569. The number of carbonyl (C=O) groups excluding carboxylic acids is 2. The molecule has 2 aromatic carbocycles. The van der Waals surface area contributed by atoms with Crippen LogP contribution in [0, 0.1) is 11.6 Å².